The molecule has 1 atom stereocenters. The fourth-order valence-electron chi connectivity index (χ4n) is 1.93. The highest BCUT2D eigenvalue weighted by Crippen LogP contribution is 2.28. The zero-order valence-electron chi connectivity index (χ0n) is 11.6. The molecule has 0 fully saturated rings. The summed E-state index contributed by atoms with van der Waals surface area (Å²) in [6.45, 7) is 3.04. The first-order chi connectivity index (χ1) is 9.20. The van der Waals surface area contributed by atoms with Gasteiger partial charge in [-0.25, -0.2) is 0 Å². The van der Waals surface area contributed by atoms with E-state index in [9.17, 15) is 0 Å². The van der Waals surface area contributed by atoms with E-state index in [-0.39, 0.29) is 12.4 Å². The van der Waals surface area contributed by atoms with Crippen LogP contribution in [0.2, 0.25) is 5.02 Å². The van der Waals surface area contributed by atoms with Crippen molar-refractivity contribution in [2.75, 3.05) is 19.0 Å². The van der Waals surface area contributed by atoms with E-state index in [2.05, 4.69) is 30.4 Å². The van der Waals surface area contributed by atoms with Crippen molar-refractivity contribution in [2.24, 2.45) is 0 Å². The molecule has 0 radical (unpaired) electrons. The summed E-state index contributed by atoms with van der Waals surface area (Å²) in [5.41, 5.74) is 2.34. The Morgan fingerprint density at radius 3 is 2.45 bits per heavy atom. The number of ether oxygens (including phenoxy) is 1. The van der Waals surface area contributed by atoms with Crippen molar-refractivity contribution in [3.63, 3.8) is 0 Å². The quantitative estimate of drug-likeness (QED) is 0.840. The van der Waals surface area contributed by atoms with Crippen LogP contribution in [0, 0.1) is 0 Å². The number of para-hydroxylation sites is 1. The molecule has 0 bridgehead atoms. The Kier molecular flexibility index (Phi) is 6.69. The molecular formula is C16H19Cl2NO. The molecule has 2 aromatic carbocycles. The van der Waals surface area contributed by atoms with Crippen LogP contribution in [-0.4, -0.2) is 13.7 Å². The predicted octanol–water partition coefficient (Wildman–Crippen LogP) is 4.99. The fraction of sp³-hybridized carbons (Fsp3) is 0.250. The highest BCUT2D eigenvalue weighted by Gasteiger charge is 2.08. The Bertz CT molecular complexity index is 531. The third kappa shape index (κ3) is 4.32. The minimum Gasteiger partial charge on any atom is -0.495 e. The van der Waals surface area contributed by atoms with Gasteiger partial charge in [-0.1, -0.05) is 42.8 Å². The molecule has 20 heavy (non-hydrogen) atoms. The molecule has 0 spiro atoms. The lowest BCUT2D eigenvalue weighted by Crippen LogP contribution is -2.09. The maximum Gasteiger partial charge on any atom is 0.137 e. The molecule has 2 aromatic rings. The SMILES string of the molecule is COc1ccc(C(C)CNc2ccccc2)cc1Cl.Cl. The van der Waals surface area contributed by atoms with Crippen molar-refractivity contribution in [1.82, 2.24) is 0 Å². The summed E-state index contributed by atoms with van der Waals surface area (Å²) >= 11 is 6.15. The van der Waals surface area contributed by atoms with E-state index in [0.29, 0.717) is 16.7 Å². The van der Waals surface area contributed by atoms with Gasteiger partial charge in [-0.15, -0.1) is 12.4 Å². The van der Waals surface area contributed by atoms with Gasteiger partial charge in [-0.3, -0.25) is 0 Å². The van der Waals surface area contributed by atoms with Crippen molar-refractivity contribution in [3.8, 4) is 5.75 Å². The van der Waals surface area contributed by atoms with Crippen molar-refractivity contribution >= 4 is 29.7 Å². The van der Waals surface area contributed by atoms with Gasteiger partial charge in [-0.05, 0) is 35.7 Å². The van der Waals surface area contributed by atoms with Gasteiger partial charge in [0.25, 0.3) is 0 Å². The molecule has 1 unspecified atom stereocenters. The molecule has 0 saturated carbocycles. The summed E-state index contributed by atoms with van der Waals surface area (Å²) in [5, 5.41) is 4.08. The van der Waals surface area contributed by atoms with E-state index in [1.165, 1.54) is 5.56 Å². The second kappa shape index (κ2) is 8.03. The lowest BCUT2D eigenvalue weighted by molar-refractivity contribution is 0.415. The lowest BCUT2D eigenvalue weighted by atomic mass is 10.0. The molecule has 0 amide bonds. The molecule has 4 heteroatoms. The maximum absolute atomic E-state index is 6.15. The monoisotopic (exact) mass is 311 g/mol. The predicted molar refractivity (Wildman–Crippen MR) is 88.6 cm³/mol. The summed E-state index contributed by atoms with van der Waals surface area (Å²) in [7, 11) is 1.63. The second-order valence-electron chi connectivity index (χ2n) is 4.54. The smallest absolute Gasteiger partial charge is 0.137 e. The Labute approximate surface area is 131 Å². The maximum atomic E-state index is 6.15. The van der Waals surface area contributed by atoms with E-state index < -0.39 is 0 Å². The van der Waals surface area contributed by atoms with E-state index in [0.717, 1.165) is 12.2 Å². The minimum atomic E-state index is 0. The van der Waals surface area contributed by atoms with Crippen LogP contribution in [0.4, 0.5) is 5.69 Å². The first-order valence-corrected chi connectivity index (χ1v) is 6.71. The van der Waals surface area contributed by atoms with Gasteiger partial charge >= 0.3 is 0 Å². The minimum absolute atomic E-state index is 0. The Balaban J connectivity index is 0.00000200. The van der Waals surface area contributed by atoms with Crippen LogP contribution in [0.3, 0.4) is 0 Å². The molecule has 0 saturated heterocycles. The van der Waals surface area contributed by atoms with Crippen LogP contribution in [-0.2, 0) is 0 Å². The number of methoxy groups -OCH3 is 1. The number of nitrogens with one attached hydrogen (secondary N) is 1. The number of benzene rings is 2. The third-order valence-electron chi connectivity index (χ3n) is 3.13. The number of hydrogen-bond acceptors (Lipinski definition) is 2. The van der Waals surface area contributed by atoms with Crippen LogP contribution in [0.1, 0.15) is 18.4 Å². The van der Waals surface area contributed by atoms with Crippen LogP contribution >= 0.6 is 24.0 Å². The van der Waals surface area contributed by atoms with Gasteiger partial charge in [-0.2, -0.15) is 0 Å². The van der Waals surface area contributed by atoms with Crippen molar-refractivity contribution in [2.45, 2.75) is 12.8 Å². The molecule has 0 heterocycles. The first kappa shape index (κ1) is 16.7. The number of halogens is 2. The molecule has 0 aliphatic carbocycles. The Morgan fingerprint density at radius 1 is 1.15 bits per heavy atom. The average Bonchev–Trinajstić information content (AvgIpc) is 2.45. The highest BCUT2D eigenvalue weighted by molar-refractivity contribution is 6.32. The van der Waals surface area contributed by atoms with Crippen LogP contribution in [0.5, 0.6) is 5.75 Å². The van der Waals surface area contributed by atoms with Gasteiger partial charge in [0.2, 0.25) is 0 Å². The van der Waals surface area contributed by atoms with Crippen molar-refractivity contribution in [1.29, 1.82) is 0 Å². The van der Waals surface area contributed by atoms with Gasteiger partial charge in [0.05, 0.1) is 12.1 Å². The van der Waals surface area contributed by atoms with E-state index in [1.54, 1.807) is 7.11 Å². The van der Waals surface area contributed by atoms with Gasteiger partial charge in [0.1, 0.15) is 5.75 Å². The summed E-state index contributed by atoms with van der Waals surface area (Å²) in [5.74, 6) is 1.09. The molecule has 0 aliphatic rings. The summed E-state index contributed by atoms with van der Waals surface area (Å²) in [6, 6.07) is 16.1. The molecule has 0 aliphatic heterocycles. The highest BCUT2D eigenvalue weighted by atomic mass is 35.5. The van der Waals surface area contributed by atoms with Gasteiger partial charge in [0, 0.05) is 12.2 Å². The van der Waals surface area contributed by atoms with Crippen LogP contribution in [0.25, 0.3) is 0 Å². The summed E-state index contributed by atoms with van der Waals surface area (Å²) < 4.78 is 5.16. The van der Waals surface area contributed by atoms with Gasteiger partial charge in [0.15, 0.2) is 0 Å². The largest absolute Gasteiger partial charge is 0.495 e. The Hall–Kier alpha value is -1.38. The second-order valence-corrected chi connectivity index (χ2v) is 4.95. The van der Waals surface area contributed by atoms with Crippen LogP contribution in [0.15, 0.2) is 48.5 Å². The van der Waals surface area contributed by atoms with E-state index in [1.807, 2.05) is 30.3 Å². The van der Waals surface area contributed by atoms with Crippen molar-refractivity contribution in [3.05, 3.63) is 59.1 Å². The van der Waals surface area contributed by atoms with E-state index >= 15 is 0 Å². The zero-order valence-corrected chi connectivity index (χ0v) is 13.2. The molecule has 2 nitrogen and oxygen atoms in total. The first-order valence-electron chi connectivity index (χ1n) is 6.33. The summed E-state index contributed by atoms with van der Waals surface area (Å²) in [4.78, 5) is 0. The zero-order chi connectivity index (χ0) is 13.7. The third-order valence-corrected chi connectivity index (χ3v) is 3.43. The molecule has 2 rings (SSSR count). The Morgan fingerprint density at radius 2 is 1.85 bits per heavy atom. The average molecular weight is 312 g/mol. The number of rotatable bonds is 5. The molecule has 108 valence electrons. The molecule has 0 aromatic heterocycles. The molecule has 1 N–H and O–H groups in total. The fourth-order valence-corrected chi connectivity index (χ4v) is 2.20. The lowest BCUT2D eigenvalue weighted by Gasteiger charge is -2.15. The number of hydrogen-bond donors (Lipinski definition) is 1. The van der Waals surface area contributed by atoms with Gasteiger partial charge < -0.3 is 10.1 Å². The summed E-state index contributed by atoms with van der Waals surface area (Å²) in [6.07, 6.45) is 0. The van der Waals surface area contributed by atoms with E-state index in [4.69, 9.17) is 16.3 Å². The molecular weight excluding hydrogens is 293 g/mol. The normalized spacial score (nSPS) is 11.3. The topological polar surface area (TPSA) is 21.3 Å². The van der Waals surface area contributed by atoms with Crippen LogP contribution < -0.4 is 10.1 Å². The van der Waals surface area contributed by atoms with Crippen molar-refractivity contribution < 1.29 is 4.74 Å². The number of anilines is 1. The standard InChI is InChI=1S/C16H18ClNO.ClH/c1-12(11-18-14-6-4-3-5-7-14)13-8-9-16(19-2)15(17)10-13;/h3-10,12,18H,11H2,1-2H3;1H.